The van der Waals surface area contributed by atoms with Gasteiger partial charge in [0.25, 0.3) is 0 Å². The van der Waals surface area contributed by atoms with Crippen LogP contribution in [0.15, 0.2) is 0 Å². The van der Waals surface area contributed by atoms with Gasteiger partial charge >= 0.3 is 28.4 Å². The van der Waals surface area contributed by atoms with Crippen molar-refractivity contribution in [3.8, 4) is 0 Å². The highest BCUT2D eigenvalue weighted by molar-refractivity contribution is 7.87. The summed E-state index contributed by atoms with van der Waals surface area (Å²) in [7, 11) is -3.72. The van der Waals surface area contributed by atoms with Crippen LogP contribution in [-0.2, 0) is 19.7 Å². The fourth-order valence-electron chi connectivity index (χ4n) is 1.72. The molecule has 0 aromatic carbocycles. The molecule has 2 N–H and O–H groups in total. The van der Waals surface area contributed by atoms with Gasteiger partial charge in [-0.3, -0.25) is 4.79 Å². The first kappa shape index (κ1) is 16.5. The van der Waals surface area contributed by atoms with Crippen LogP contribution in [0, 0.1) is 5.41 Å². The standard InChI is InChI=1S/C8H11F3N2O6S/c1-19-6(16)12-20(17,18)13-3-2-7(4-13,5(14)15)8(9,10)11/h2-4H2,1H3,(H,12,16)(H,14,15). The third-order valence-electron chi connectivity index (χ3n) is 2.92. The number of nitrogens with one attached hydrogen (secondary N) is 1. The highest BCUT2D eigenvalue weighted by Gasteiger charge is 2.65. The largest absolute Gasteiger partial charge is 0.481 e. The van der Waals surface area contributed by atoms with Gasteiger partial charge in [-0.25, -0.2) is 9.52 Å². The minimum atomic E-state index is -5.12. The van der Waals surface area contributed by atoms with E-state index in [4.69, 9.17) is 5.11 Å². The Balaban J connectivity index is 3.01. The maximum absolute atomic E-state index is 12.8. The number of amides is 1. The molecule has 1 saturated heterocycles. The minimum Gasteiger partial charge on any atom is -0.481 e. The predicted molar refractivity (Wildman–Crippen MR) is 56.8 cm³/mol. The van der Waals surface area contributed by atoms with Gasteiger partial charge in [-0.15, -0.1) is 0 Å². The van der Waals surface area contributed by atoms with Crippen LogP contribution in [0.25, 0.3) is 0 Å². The number of halogens is 3. The summed E-state index contributed by atoms with van der Waals surface area (Å²) >= 11 is 0. The number of carbonyl (C=O) groups is 2. The molecule has 0 aromatic heterocycles. The maximum Gasteiger partial charge on any atom is 0.421 e. The summed E-state index contributed by atoms with van der Waals surface area (Å²) in [6.45, 7) is -1.99. The lowest BCUT2D eigenvalue weighted by atomic mass is 9.86. The number of nitrogens with zero attached hydrogens (tertiary/aromatic N) is 1. The van der Waals surface area contributed by atoms with E-state index >= 15 is 0 Å². The van der Waals surface area contributed by atoms with E-state index in [1.807, 2.05) is 0 Å². The fourth-order valence-corrected chi connectivity index (χ4v) is 2.86. The zero-order valence-corrected chi connectivity index (χ0v) is 10.9. The lowest BCUT2D eigenvalue weighted by Crippen LogP contribution is -2.49. The van der Waals surface area contributed by atoms with Crippen molar-refractivity contribution in [3.63, 3.8) is 0 Å². The van der Waals surface area contributed by atoms with Crippen molar-refractivity contribution in [1.29, 1.82) is 0 Å². The van der Waals surface area contributed by atoms with E-state index in [9.17, 15) is 31.2 Å². The van der Waals surface area contributed by atoms with Crippen molar-refractivity contribution >= 4 is 22.3 Å². The van der Waals surface area contributed by atoms with Crippen molar-refractivity contribution in [2.75, 3.05) is 20.2 Å². The Hall–Kier alpha value is -1.56. The van der Waals surface area contributed by atoms with Gasteiger partial charge in [0.2, 0.25) is 0 Å². The molecule has 0 aromatic rings. The Kier molecular flexibility index (Phi) is 4.20. The molecular formula is C8H11F3N2O6S. The van der Waals surface area contributed by atoms with E-state index in [0.29, 0.717) is 0 Å². The molecule has 1 rings (SSSR count). The number of alkyl halides is 3. The van der Waals surface area contributed by atoms with Gasteiger partial charge in [0, 0.05) is 13.1 Å². The van der Waals surface area contributed by atoms with Crippen LogP contribution >= 0.6 is 0 Å². The molecule has 0 saturated carbocycles. The second-order valence-corrected chi connectivity index (χ2v) is 5.74. The second-order valence-electron chi connectivity index (χ2n) is 4.07. The van der Waals surface area contributed by atoms with Crippen LogP contribution in [0.2, 0.25) is 0 Å². The minimum absolute atomic E-state index is 0.242. The molecule has 1 unspecified atom stereocenters. The summed E-state index contributed by atoms with van der Waals surface area (Å²) in [5.74, 6) is -2.17. The van der Waals surface area contributed by atoms with Crippen molar-refractivity contribution in [1.82, 2.24) is 9.03 Å². The first-order valence-electron chi connectivity index (χ1n) is 5.12. The number of carboxylic acids is 1. The average molecular weight is 320 g/mol. The molecule has 0 spiro atoms. The van der Waals surface area contributed by atoms with Gasteiger partial charge in [0.15, 0.2) is 5.41 Å². The molecule has 1 atom stereocenters. The summed E-state index contributed by atoms with van der Waals surface area (Å²) in [5, 5.41) is 8.76. The van der Waals surface area contributed by atoms with Gasteiger partial charge in [-0.2, -0.15) is 25.9 Å². The number of hydrogen-bond acceptors (Lipinski definition) is 5. The molecular weight excluding hydrogens is 309 g/mol. The van der Waals surface area contributed by atoms with Gasteiger partial charge in [0.1, 0.15) is 0 Å². The molecule has 1 amide bonds. The molecule has 1 aliphatic rings. The number of methoxy groups -OCH3 is 1. The molecule has 1 aliphatic heterocycles. The number of hydrogen-bond donors (Lipinski definition) is 2. The summed E-state index contributed by atoms with van der Waals surface area (Å²) in [5.41, 5.74) is -3.18. The van der Waals surface area contributed by atoms with E-state index < -0.39 is 53.4 Å². The van der Waals surface area contributed by atoms with Crippen LogP contribution in [0.3, 0.4) is 0 Å². The lowest BCUT2D eigenvalue weighted by Gasteiger charge is -2.27. The fraction of sp³-hybridized carbons (Fsp3) is 0.750. The predicted octanol–water partition coefficient (Wildman–Crippen LogP) is -0.0738. The zero-order valence-electron chi connectivity index (χ0n) is 10.1. The molecule has 0 aliphatic carbocycles. The number of aliphatic carboxylic acids is 1. The van der Waals surface area contributed by atoms with E-state index in [1.165, 1.54) is 4.72 Å². The van der Waals surface area contributed by atoms with Crippen molar-refractivity contribution in [3.05, 3.63) is 0 Å². The SMILES string of the molecule is COC(=O)NS(=O)(=O)N1CCC(C(=O)O)(C(F)(F)F)C1. The average Bonchev–Trinajstić information content (AvgIpc) is 2.74. The van der Waals surface area contributed by atoms with Crippen LogP contribution in [0.4, 0.5) is 18.0 Å². The number of carbonyl (C=O) groups excluding carboxylic acids is 1. The van der Waals surface area contributed by atoms with Crippen LogP contribution in [0.1, 0.15) is 6.42 Å². The number of ether oxygens (including phenoxy) is 1. The molecule has 116 valence electrons. The monoisotopic (exact) mass is 320 g/mol. The highest BCUT2D eigenvalue weighted by Crippen LogP contribution is 2.46. The van der Waals surface area contributed by atoms with Crippen molar-refractivity contribution in [2.45, 2.75) is 12.6 Å². The number of carboxylic acid groups (broad SMARTS) is 1. The summed E-state index contributed by atoms with van der Waals surface area (Å²) in [4.78, 5) is 21.7. The van der Waals surface area contributed by atoms with E-state index in [0.717, 1.165) is 7.11 Å². The smallest absolute Gasteiger partial charge is 0.421 e. The van der Waals surface area contributed by atoms with Gasteiger partial charge in [-0.05, 0) is 6.42 Å². The van der Waals surface area contributed by atoms with E-state index in [2.05, 4.69) is 4.74 Å². The van der Waals surface area contributed by atoms with Crippen LogP contribution in [0.5, 0.6) is 0 Å². The highest BCUT2D eigenvalue weighted by atomic mass is 32.2. The van der Waals surface area contributed by atoms with E-state index in [1.54, 1.807) is 0 Å². The maximum atomic E-state index is 12.8. The van der Waals surface area contributed by atoms with E-state index in [-0.39, 0.29) is 4.31 Å². The topological polar surface area (TPSA) is 113 Å². The van der Waals surface area contributed by atoms with Gasteiger partial charge in [0.05, 0.1) is 7.11 Å². The molecule has 0 radical (unpaired) electrons. The van der Waals surface area contributed by atoms with Crippen molar-refractivity contribution < 1.29 is 41.0 Å². The number of rotatable bonds is 3. The quantitative estimate of drug-likeness (QED) is 0.752. The normalized spacial score (nSPS) is 24.4. The summed E-state index contributed by atoms with van der Waals surface area (Å²) in [6.07, 6.45) is -7.44. The van der Waals surface area contributed by atoms with Crippen LogP contribution in [-0.4, -0.2) is 56.3 Å². The van der Waals surface area contributed by atoms with Crippen molar-refractivity contribution in [2.24, 2.45) is 5.41 Å². The first-order chi connectivity index (χ1) is 8.96. The summed E-state index contributed by atoms with van der Waals surface area (Å²) < 4.78 is 67.3. The lowest BCUT2D eigenvalue weighted by molar-refractivity contribution is -0.226. The molecule has 1 fully saturated rings. The second kappa shape index (κ2) is 5.09. The molecule has 0 bridgehead atoms. The Labute approximate surface area is 111 Å². The molecule has 8 nitrogen and oxygen atoms in total. The van der Waals surface area contributed by atoms with Crippen LogP contribution < -0.4 is 4.72 Å². The third kappa shape index (κ3) is 2.80. The van der Waals surface area contributed by atoms with Gasteiger partial charge in [-0.1, -0.05) is 0 Å². The molecule has 12 heteroatoms. The Morgan fingerprint density at radius 3 is 2.30 bits per heavy atom. The molecule has 20 heavy (non-hydrogen) atoms. The zero-order chi connectivity index (χ0) is 15.8. The molecule has 1 heterocycles. The Bertz CT molecular complexity index is 519. The Morgan fingerprint density at radius 2 is 1.95 bits per heavy atom. The first-order valence-corrected chi connectivity index (χ1v) is 6.56. The summed E-state index contributed by atoms with van der Waals surface area (Å²) in [6, 6.07) is 0. The van der Waals surface area contributed by atoms with Gasteiger partial charge < -0.3 is 9.84 Å². The Morgan fingerprint density at radius 1 is 1.40 bits per heavy atom. The third-order valence-corrected chi connectivity index (χ3v) is 4.34.